The molecule has 0 aliphatic carbocycles. The molecule has 1 aliphatic rings. The zero-order valence-corrected chi connectivity index (χ0v) is 18.4. The zero-order valence-electron chi connectivity index (χ0n) is 17.6. The summed E-state index contributed by atoms with van der Waals surface area (Å²) in [6.07, 6.45) is 0.148. The highest BCUT2D eigenvalue weighted by Crippen LogP contribution is 2.30. The monoisotopic (exact) mass is 449 g/mol. The molecule has 1 saturated heterocycles. The molecule has 1 aliphatic heterocycles. The quantitative estimate of drug-likeness (QED) is 0.462. The van der Waals surface area contributed by atoms with Crippen molar-refractivity contribution >= 4 is 21.4 Å². The molecule has 168 valence electrons. The van der Waals surface area contributed by atoms with Crippen molar-refractivity contribution in [3.8, 4) is 0 Å². The molecule has 2 aromatic carbocycles. The van der Waals surface area contributed by atoms with Gasteiger partial charge in [-0.3, -0.25) is 10.1 Å². The minimum Gasteiger partial charge on any atom is -0.380 e. The van der Waals surface area contributed by atoms with Gasteiger partial charge in [0.05, 0.1) is 36.5 Å². The predicted octanol–water partition coefficient (Wildman–Crippen LogP) is 3.15. The summed E-state index contributed by atoms with van der Waals surface area (Å²) < 4.78 is 38.4. The third kappa shape index (κ3) is 6.01. The van der Waals surface area contributed by atoms with Gasteiger partial charge in [-0.1, -0.05) is 24.3 Å². The van der Waals surface area contributed by atoms with E-state index in [9.17, 15) is 18.5 Å². The van der Waals surface area contributed by atoms with Gasteiger partial charge in [-0.25, -0.2) is 8.42 Å². The van der Waals surface area contributed by atoms with Crippen molar-refractivity contribution < 1.29 is 22.8 Å². The molecule has 0 atom stereocenters. The number of hydrogen-bond acceptors (Lipinski definition) is 7. The second kappa shape index (κ2) is 10.2. The maximum absolute atomic E-state index is 13.2. The van der Waals surface area contributed by atoms with Crippen LogP contribution in [0.1, 0.15) is 25.0 Å². The van der Waals surface area contributed by atoms with E-state index >= 15 is 0 Å². The fraction of sp³-hybridized carbons (Fsp3) is 0.429. The van der Waals surface area contributed by atoms with Gasteiger partial charge in [-0.15, -0.1) is 0 Å². The first kappa shape index (κ1) is 23.1. The van der Waals surface area contributed by atoms with Crippen LogP contribution in [-0.4, -0.2) is 50.1 Å². The first-order valence-electron chi connectivity index (χ1n) is 10.1. The summed E-state index contributed by atoms with van der Waals surface area (Å²) in [6.45, 7) is 5.86. The van der Waals surface area contributed by atoms with Crippen molar-refractivity contribution in [2.45, 2.75) is 38.0 Å². The number of benzene rings is 2. The maximum atomic E-state index is 13.2. The van der Waals surface area contributed by atoms with Crippen LogP contribution in [0, 0.1) is 10.1 Å². The lowest BCUT2D eigenvalue weighted by atomic mass is 10.1. The summed E-state index contributed by atoms with van der Waals surface area (Å²) in [5.74, 6) is 0. The van der Waals surface area contributed by atoms with Crippen LogP contribution in [0.5, 0.6) is 0 Å². The molecule has 1 heterocycles. The molecule has 0 unspecified atom stereocenters. The lowest BCUT2D eigenvalue weighted by Gasteiger charge is -2.27. The molecule has 2 aromatic rings. The van der Waals surface area contributed by atoms with Crippen LogP contribution < -0.4 is 5.32 Å². The van der Waals surface area contributed by atoms with E-state index in [1.165, 1.54) is 16.4 Å². The van der Waals surface area contributed by atoms with Gasteiger partial charge in [-0.2, -0.15) is 4.31 Å². The number of non-ortho nitro benzene ring substituents is 1. The van der Waals surface area contributed by atoms with Gasteiger partial charge in [0.15, 0.2) is 0 Å². The second-order valence-corrected chi connectivity index (χ2v) is 9.39. The number of sulfonamides is 1. The number of ether oxygens (including phenoxy) is 2. The molecule has 10 heteroatoms. The Bertz CT molecular complexity index is 1000. The van der Waals surface area contributed by atoms with E-state index in [1.807, 2.05) is 38.1 Å². The fourth-order valence-corrected chi connectivity index (χ4v) is 4.72. The minimum atomic E-state index is -3.91. The van der Waals surface area contributed by atoms with Crippen LogP contribution in [0.25, 0.3) is 0 Å². The molecule has 0 bridgehead atoms. The maximum Gasteiger partial charge on any atom is 0.270 e. The molecule has 1 fully saturated rings. The Labute approximate surface area is 182 Å². The Kier molecular flexibility index (Phi) is 7.60. The third-order valence-corrected chi connectivity index (χ3v) is 6.79. The van der Waals surface area contributed by atoms with Crippen molar-refractivity contribution in [3.05, 3.63) is 63.7 Å². The Balaban J connectivity index is 1.80. The Morgan fingerprint density at radius 3 is 2.39 bits per heavy atom. The Morgan fingerprint density at radius 2 is 1.77 bits per heavy atom. The average Bonchev–Trinajstić information content (AvgIpc) is 2.77. The van der Waals surface area contributed by atoms with Crippen LogP contribution in [0.15, 0.2) is 47.4 Å². The number of nitrogens with zero attached hydrogens (tertiary/aromatic N) is 2. The van der Waals surface area contributed by atoms with Crippen LogP contribution in [0.2, 0.25) is 0 Å². The van der Waals surface area contributed by atoms with Gasteiger partial charge in [0, 0.05) is 31.8 Å². The van der Waals surface area contributed by atoms with Crippen LogP contribution in [-0.2, 0) is 32.6 Å². The molecule has 0 saturated carbocycles. The summed E-state index contributed by atoms with van der Waals surface area (Å²) >= 11 is 0. The molecule has 0 amide bonds. The first-order valence-corrected chi connectivity index (χ1v) is 11.5. The Hall–Kier alpha value is -2.53. The molecular formula is C21H27N3O6S. The van der Waals surface area contributed by atoms with Gasteiger partial charge in [-0.05, 0) is 31.0 Å². The van der Waals surface area contributed by atoms with Crippen molar-refractivity contribution in [3.63, 3.8) is 0 Å². The minimum absolute atomic E-state index is 0.106. The molecule has 0 radical (unpaired) electrons. The van der Waals surface area contributed by atoms with Gasteiger partial charge in [0.2, 0.25) is 10.0 Å². The second-order valence-electron chi connectivity index (χ2n) is 7.48. The van der Waals surface area contributed by atoms with Gasteiger partial charge in [0.1, 0.15) is 4.90 Å². The van der Waals surface area contributed by atoms with E-state index in [2.05, 4.69) is 5.32 Å². The smallest absolute Gasteiger partial charge is 0.270 e. The van der Waals surface area contributed by atoms with E-state index in [0.717, 1.165) is 17.2 Å². The van der Waals surface area contributed by atoms with Gasteiger partial charge in [0.25, 0.3) is 5.69 Å². The normalized spacial score (nSPS) is 15.2. The van der Waals surface area contributed by atoms with Crippen molar-refractivity contribution in [2.24, 2.45) is 0 Å². The van der Waals surface area contributed by atoms with Crippen LogP contribution in [0.3, 0.4) is 0 Å². The molecular weight excluding hydrogens is 422 g/mol. The topological polar surface area (TPSA) is 111 Å². The SMILES string of the molecule is CC(C)OCc1ccc(CNc2ccc([N+](=O)[O-])cc2S(=O)(=O)N2CCOCC2)cc1. The van der Waals surface area contributed by atoms with E-state index in [0.29, 0.717) is 32.1 Å². The predicted molar refractivity (Wildman–Crippen MR) is 116 cm³/mol. The van der Waals surface area contributed by atoms with Gasteiger partial charge >= 0.3 is 0 Å². The molecule has 0 spiro atoms. The number of hydrogen-bond donors (Lipinski definition) is 1. The molecule has 9 nitrogen and oxygen atoms in total. The van der Waals surface area contributed by atoms with E-state index in [-0.39, 0.29) is 29.8 Å². The molecule has 3 rings (SSSR count). The van der Waals surface area contributed by atoms with Crippen molar-refractivity contribution in [1.82, 2.24) is 4.31 Å². The average molecular weight is 450 g/mol. The molecule has 1 N–H and O–H groups in total. The first-order chi connectivity index (χ1) is 14.8. The number of morpholine rings is 1. The number of nitro groups is 1. The summed E-state index contributed by atoms with van der Waals surface area (Å²) in [4.78, 5) is 10.5. The van der Waals surface area contributed by atoms with Crippen molar-refractivity contribution in [2.75, 3.05) is 31.6 Å². The summed E-state index contributed by atoms with van der Waals surface area (Å²) in [6, 6.07) is 11.6. The lowest BCUT2D eigenvalue weighted by Crippen LogP contribution is -2.40. The molecule has 31 heavy (non-hydrogen) atoms. The number of nitrogens with one attached hydrogen (secondary N) is 1. The van der Waals surface area contributed by atoms with E-state index in [1.54, 1.807) is 0 Å². The lowest BCUT2D eigenvalue weighted by molar-refractivity contribution is -0.385. The largest absolute Gasteiger partial charge is 0.380 e. The summed E-state index contributed by atoms with van der Waals surface area (Å²) in [7, 11) is -3.91. The highest BCUT2D eigenvalue weighted by molar-refractivity contribution is 7.89. The summed E-state index contributed by atoms with van der Waals surface area (Å²) in [5, 5.41) is 14.3. The highest BCUT2D eigenvalue weighted by atomic mass is 32.2. The van der Waals surface area contributed by atoms with Crippen LogP contribution >= 0.6 is 0 Å². The van der Waals surface area contributed by atoms with Crippen LogP contribution in [0.4, 0.5) is 11.4 Å². The van der Waals surface area contributed by atoms with Crippen molar-refractivity contribution in [1.29, 1.82) is 0 Å². The third-order valence-electron chi connectivity index (χ3n) is 4.85. The number of rotatable bonds is 9. The highest BCUT2D eigenvalue weighted by Gasteiger charge is 2.30. The van der Waals surface area contributed by atoms with Gasteiger partial charge < -0.3 is 14.8 Å². The Morgan fingerprint density at radius 1 is 1.13 bits per heavy atom. The standard InChI is InChI=1S/C21H27N3O6S/c1-16(2)30-15-18-5-3-17(4-6-18)14-22-20-8-7-19(24(25)26)13-21(20)31(27,28)23-9-11-29-12-10-23/h3-8,13,16,22H,9-12,14-15H2,1-2H3. The summed E-state index contributed by atoms with van der Waals surface area (Å²) in [5.41, 5.74) is 2.04. The molecule has 0 aromatic heterocycles. The zero-order chi connectivity index (χ0) is 22.4. The number of nitro benzene ring substituents is 1. The number of anilines is 1. The van der Waals surface area contributed by atoms with E-state index in [4.69, 9.17) is 9.47 Å². The fourth-order valence-electron chi connectivity index (χ4n) is 3.12. The van der Waals surface area contributed by atoms with E-state index < -0.39 is 14.9 Å².